The van der Waals surface area contributed by atoms with Gasteiger partial charge in [-0.3, -0.25) is 4.79 Å². The first-order valence-electron chi connectivity index (χ1n) is 9.86. The predicted octanol–water partition coefficient (Wildman–Crippen LogP) is 4.17. The van der Waals surface area contributed by atoms with Gasteiger partial charge in [0.25, 0.3) is 5.91 Å². The summed E-state index contributed by atoms with van der Waals surface area (Å²) in [5.41, 5.74) is 2.15. The van der Waals surface area contributed by atoms with Gasteiger partial charge in [0.15, 0.2) is 0 Å². The minimum absolute atomic E-state index is 0.173. The van der Waals surface area contributed by atoms with Crippen LogP contribution < -0.4 is 4.74 Å². The molecule has 4 nitrogen and oxygen atoms in total. The molecule has 5 heteroatoms. The van der Waals surface area contributed by atoms with Gasteiger partial charge in [-0.1, -0.05) is 12.1 Å². The molecule has 1 aromatic carbocycles. The monoisotopic (exact) mass is 386 g/mol. The van der Waals surface area contributed by atoms with Gasteiger partial charge in [0, 0.05) is 31.6 Å². The van der Waals surface area contributed by atoms with E-state index in [0.717, 1.165) is 50.5 Å². The van der Waals surface area contributed by atoms with Gasteiger partial charge in [-0.2, -0.15) is 11.3 Å². The van der Waals surface area contributed by atoms with Crippen LogP contribution in [0.2, 0.25) is 0 Å². The Kier molecular flexibility index (Phi) is 7.30. The second-order valence-corrected chi connectivity index (χ2v) is 8.05. The summed E-state index contributed by atoms with van der Waals surface area (Å²) >= 11 is 1.58. The van der Waals surface area contributed by atoms with Gasteiger partial charge in [0.05, 0.1) is 12.7 Å². The molecule has 1 fully saturated rings. The number of carbonyl (C=O) groups excluding carboxylic acids is 1. The van der Waals surface area contributed by atoms with Crippen molar-refractivity contribution in [2.75, 3.05) is 39.8 Å². The summed E-state index contributed by atoms with van der Waals surface area (Å²) in [5.74, 6) is 1.66. The van der Waals surface area contributed by atoms with Gasteiger partial charge in [0.1, 0.15) is 5.75 Å². The Bertz CT molecular complexity index is 717. The van der Waals surface area contributed by atoms with Crippen LogP contribution in [0, 0.1) is 5.92 Å². The second kappa shape index (κ2) is 9.90. The van der Waals surface area contributed by atoms with Gasteiger partial charge in [-0.15, -0.1) is 0 Å². The molecule has 27 heavy (non-hydrogen) atoms. The molecule has 2 heterocycles. The van der Waals surface area contributed by atoms with Crippen molar-refractivity contribution < 1.29 is 9.53 Å². The van der Waals surface area contributed by atoms with Crippen LogP contribution in [0.3, 0.4) is 0 Å². The van der Waals surface area contributed by atoms with Crippen LogP contribution in [0.4, 0.5) is 0 Å². The number of ether oxygens (including phenoxy) is 1. The van der Waals surface area contributed by atoms with Gasteiger partial charge in [-0.25, -0.2) is 0 Å². The molecule has 146 valence electrons. The van der Waals surface area contributed by atoms with Gasteiger partial charge < -0.3 is 14.5 Å². The van der Waals surface area contributed by atoms with Crippen molar-refractivity contribution in [3.63, 3.8) is 0 Å². The third-order valence-corrected chi connectivity index (χ3v) is 6.05. The molecule has 0 aliphatic carbocycles. The molecule has 3 rings (SSSR count). The molecule has 0 saturated carbocycles. The first-order valence-corrected chi connectivity index (χ1v) is 10.8. The van der Waals surface area contributed by atoms with E-state index in [9.17, 15) is 4.79 Å². The Morgan fingerprint density at radius 2 is 2.26 bits per heavy atom. The largest absolute Gasteiger partial charge is 0.497 e. The Morgan fingerprint density at radius 1 is 1.37 bits per heavy atom. The standard InChI is InChI=1S/C22H30N2O2S/c1-3-24(22(25)20-10-13-27-17-20)16-19-7-5-11-23(15-19)12-9-18-6-4-8-21(14-18)26-2/h4,6,8,10,13-14,17,19H,3,5,7,9,11-12,15-16H2,1-2H3. The van der Waals surface area contributed by atoms with Gasteiger partial charge in [-0.05, 0) is 67.8 Å². The zero-order valence-corrected chi connectivity index (χ0v) is 17.2. The summed E-state index contributed by atoms with van der Waals surface area (Å²) in [6.07, 6.45) is 3.46. The van der Waals surface area contributed by atoms with Crippen molar-refractivity contribution in [3.8, 4) is 5.75 Å². The van der Waals surface area contributed by atoms with Crippen LogP contribution >= 0.6 is 11.3 Å². The minimum atomic E-state index is 0.173. The molecule has 0 spiro atoms. The third kappa shape index (κ3) is 5.56. The highest BCUT2D eigenvalue weighted by Crippen LogP contribution is 2.20. The molecule has 0 radical (unpaired) electrons. The average molecular weight is 387 g/mol. The molecule has 1 atom stereocenters. The molecule has 0 N–H and O–H groups in total. The molecular weight excluding hydrogens is 356 g/mol. The SMILES string of the molecule is CCN(CC1CCCN(CCc2cccc(OC)c2)C1)C(=O)c1ccsc1. The van der Waals surface area contributed by atoms with Crippen molar-refractivity contribution in [2.24, 2.45) is 5.92 Å². The first kappa shape index (κ1) is 19.9. The number of amides is 1. The molecule has 1 saturated heterocycles. The normalized spacial score (nSPS) is 17.6. The van der Waals surface area contributed by atoms with E-state index < -0.39 is 0 Å². The van der Waals surface area contributed by atoms with E-state index in [4.69, 9.17) is 4.74 Å². The highest BCUT2D eigenvalue weighted by Gasteiger charge is 2.24. The lowest BCUT2D eigenvalue weighted by molar-refractivity contribution is 0.0691. The van der Waals surface area contributed by atoms with Crippen LogP contribution in [0.25, 0.3) is 0 Å². The highest BCUT2D eigenvalue weighted by molar-refractivity contribution is 7.08. The number of methoxy groups -OCH3 is 1. The van der Waals surface area contributed by atoms with Crippen LogP contribution in [0.15, 0.2) is 41.1 Å². The fraction of sp³-hybridized carbons (Fsp3) is 0.500. The van der Waals surface area contributed by atoms with E-state index in [2.05, 4.69) is 30.0 Å². The summed E-state index contributed by atoms with van der Waals surface area (Å²) < 4.78 is 5.32. The molecule has 1 aliphatic rings. The average Bonchev–Trinajstić information content (AvgIpc) is 3.25. The van der Waals surface area contributed by atoms with Gasteiger partial charge >= 0.3 is 0 Å². The molecule has 0 bridgehead atoms. The first-order chi connectivity index (χ1) is 13.2. The minimum Gasteiger partial charge on any atom is -0.497 e. The van der Waals surface area contributed by atoms with Crippen LogP contribution in [0.1, 0.15) is 35.7 Å². The van der Waals surface area contributed by atoms with Crippen molar-refractivity contribution in [3.05, 3.63) is 52.2 Å². The second-order valence-electron chi connectivity index (χ2n) is 7.27. The number of nitrogens with zero attached hydrogens (tertiary/aromatic N) is 2. The highest BCUT2D eigenvalue weighted by atomic mass is 32.1. The lowest BCUT2D eigenvalue weighted by atomic mass is 9.96. The number of rotatable bonds is 8. The number of piperidine rings is 1. The fourth-order valence-corrected chi connectivity index (χ4v) is 4.48. The summed E-state index contributed by atoms with van der Waals surface area (Å²) in [4.78, 5) is 17.2. The molecule has 2 aromatic rings. The quantitative estimate of drug-likeness (QED) is 0.682. The lowest BCUT2D eigenvalue weighted by Crippen LogP contribution is -2.43. The number of carbonyl (C=O) groups is 1. The Balaban J connectivity index is 1.51. The summed E-state index contributed by atoms with van der Waals surface area (Å²) in [5, 5.41) is 3.92. The summed E-state index contributed by atoms with van der Waals surface area (Å²) in [6, 6.07) is 10.3. The molecule has 1 aliphatic heterocycles. The molecular formula is C22H30N2O2S. The van der Waals surface area contributed by atoms with E-state index in [1.807, 2.05) is 27.8 Å². The van der Waals surface area contributed by atoms with Crippen LogP contribution in [-0.4, -0.2) is 55.5 Å². The zero-order valence-electron chi connectivity index (χ0n) is 16.4. The maximum Gasteiger partial charge on any atom is 0.254 e. The van der Waals surface area contributed by atoms with Gasteiger partial charge in [0.2, 0.25) is 0 Å². The summed E-state index contributed by atoms with van der Waals surface area (Å²) in [6.45, 7) is 7.01. The maximum absolute atomic E-state index is 12.7. The molecule has 1 amide bonds. The van der Waals surface area contributed by atoms with Crippen LogP contribution in [-0.2, 0) is 6.42 Å². The number of thiophene rings is 1. The van der Waals surface area contributed by atoms with E-state index in [-0.39, 0.29) is 5.91 Å². The number of likely N-dealkylation sites (tertiary alicyclic amines) is 1. The molecule has 1 aromatic heterocycles. The van der Waals surface area contributed by atoms with Crippen molar-refractivity contribution in [1.82, 2.24) is 9.80 Å². The molecule has 1 unspecified atom stereocenters. The third-order valence-electron chi connectivity index (χ3n) is 5.37. The lowest BCUT2D eigenvalue weighted by Gasteiger charge is -2.35. The van der Waals surface area contributed by atoms with Crippen LogP contribution in [0.5, 0.6) is 5.75 Å². The number of hydrogen-bond donors (Lipinski definition) is 0. The smallest absolute Gasteiger partial charge is 0.254 e. The number of hydrogen-bond acceptors (Lipinski definition) is 4. The fourth-order valence-electron chi connectivity index (χ4n) is 3.85. The predicted molar refractivity (Wildman–Crippen MR) is 112 cm³/mol. The van der Waals surface area contributed by atoms with Crippen molar-refractivity contribution >= 4 is 17.2 Å². The van der Waals surface area contributed by atoms with E-state index in [1.165, 1.54) is 18.4 Å². The maximum atomic E-state index is 12.7. The Morgan fingerprint density at radius 3 is 3.00 bits per heavy atom. The van der Waals surface area contributed by atoms with E-state index in [1.54, 1.807) is 18.4 Å². The zero-order chi connectivity index (χ0) is 19.1. The van der Waals surface area contributed by atoms with E-state index >= 15 is 0 Å². The number of benzene rings is 1. The summed E-state index contributed by atoms with van der Waals surface area (Å²) in [7, 11) is 1.71. The Hall–Kier alpha value is -1.85. The Labute approximate surface area is 166 Å². The van der Waals surface area contributed by atoms with Crippen molar-refractivity contribution in [2.45, 2.75) is 26.2 Å². The topological polar surface area (TPSA) is 32.8 Å². The van der Waals surface area contributed by atoms with Crippen molar-refractivity contribution in [1.29, 1.82) is 0 Å². The van der Waals surface area contributed by atoms with E-state index in [0.29, 0.717) is 5.92 Å².